The van der Waals surface area contributed by atoms with Crippen molar-refractivity contribution < 1.29 is 14.7 Å². The number of rotatable bonds is 7. The van der Waals surface area contributed by atoms with Crippen molar-refractivity contribution in [2.45, 2.75) is 50.4 Å². The average Bonchev–Trinajstić information content (AvgIpc) is 3.32. The van der Waals surface area contributed by atoms with Crippen molar-refractivity contribution in [1.82, 2.24) is 15.7 Å². The summed E-state index contributed by atoms with van der Waals surface area (Å²) < 4.78 is 0. The van der Waals surface area contributed by atoms with Crippen molar-refractivity contribution in [2.24, 2.45) is 10.9 Å². The number of piperidine rings is 1. The second-order valence-corrected chi connectivity index (χ2v) is 9.75. The average molecular weight is 463 g/mol. The van der Waals surface area contributed by atoms with Crippen molar-refractivity contribution in [2.75, 3.05) is 26.2 Å². The van der Waals surface area contributed by atoms with Gasteiger partial charge in [0.15, 0.2) is 0 Å². The lowest BCUT2D eigenvalue weighted by atomic mass is 9.89. The largest absolute Gasteiger partial charge is 0.480 e. The van der Waals surface area contributed by atoms with Crippen LogP contribution < -0.4 is 10.8 Å². The number of benzene rings is 2. The fourth-order valence-corrected chi connectivity index (χ4v) is 5.42. The summed E-state index contributed by atoms with van der Waals surface area (Å²) in [5.41, 5.74) is 8.21. The maximum atomic E-state index is 10.9. The van der Waals surface area contributed by atoms with Gasteiger partial charge in [-0.1, -0.05) is 48.5 Å². The first kappa shape index (κ1) is 23.2. The second-order valence-electron chi connectivity index (χ2n) is 9.75. The number of carbonyl (C=O) groups is 1. The van der Waals surface area contributed by atoms with Crippen LogP contribution >= 0.6 is 0 Å². The number of fused-ring (bicyclic) bond motifs is 1. The van der Waals surface area contributed by atoms with Crippen LogP contribution in [-0.2, 0) is 16.1 Å². The minimum Gasteiger partial charge on any atom is -0.480 e. The van der Waals surface area contributed by atoms with Gasteiger partial charge < -0.3 is 5.11 Å². The molecule has 2 fully saturated rings. The molecule has 2 aromatic rings. The lowest BCUT2D eigenvalue weighted by Crippen LogP contribution is -2.38. The zero-order valence-electron chi connectivity index (χ0n) is 19.5. The highest BCUT2D eigenvalue weighted by atomic mass is 16.7. The molecule has 2 saturated heterocycles. The molecular formula is C27H34N4O3. The number of hydrogen-bond donors (Lipinski definition) is 3. The number of aliphatic carboxylic acids is 1. The normalized spacial score (nSPS) is 26.1. The van der Waals surface area contributed by atoms with Crippen LogP contribution in [0.4, 0.5) is 0 Å². The van der Waals surface area contributed by atoms with Crippen LogP contribution in [0.2, 0.25) is 0 Å². The maximum absolute atomic E-state index is 10.9. The van der Waals surface area contributed by atoms with E-state index < -0.39 is 5.97 Å². The quantitative estimate of drug-likeness (QED) is 0.547. The Morgan fingerprint density at radius 2 is 1.94 bits per heavy atom. The highest BCUT2D eigenvalue weighted by molar-refractivity contribution is 5.79. The monoisotopic (exact) mass is 462 g/mol. The Labute approximate surface area is 201 Å². The molecule has 0 aromatic heterocycles. The van der Waals surface area contributed by atoms with E-state index in [1.807, 2.05) is 11.1 Å². The van der Waals surface area contributed by atoms with Crippen LogP contribution in [0.3, 0.4) is 0 Å². The van der Waals surface area contributed by atoms with Crippen molar-refractivity contribution >= 4 is 12.2 Å². The molecule has 180 valence electrons. The molecule has 2 aromatic carbocycles. The van der Waals surface area contributed by atoms with Crippen LogP contribution in [0.1, 0.15) is 60.1 Å². The third-order valence-corrected chi connectivity index (χ3v) is 7.33. The number of nitrogens with zero attached hydrogens (tertiary/aromatic N) is 2. The van der Waals surface area contributed by atoms with Crippen molar-refractivity contribution in [3.63, 3.8) is 0 Å². The Morgan fingerprint density at radius 1 is 1.15 bits per heavy atom. The van der Waals surface area contributed by atoms with E-state index in [1.54, 1.807) is 0 Å². The number of likely N-dealkylation sites (tertiary alicyclic amines) is 1. The molecule has 3 N–H and O–H groups in total. The molecule has 3 unspecified atom stereocenters. The standard InChI is InChI=1S/C27H34N4O3/c32-26(33)18-31-13-10-19(11-14-31)15-23-16-25(30-34-23)22-7-5-20(6-8-22)17-29-27-24-4-2-1-3-21(24)9-12-28-27/h1-8,17,19,23,25,27-28,30H,9-16,18H2,(H,32,33). The molecule has 0 saturated carbocycles. The fraction of sp³-hybridized carbons (Fsp3) is 0.481. The van der Waals surface area contributed by atoms with Crippen LogP contribution in [0.5, 0.6) is 0 Å². The molecule has 0 bridgehead atoms. The number of aliphatic imine (C=N–C) groups is 1. The van der Waals surface area contributed by atoms with Gasteiger partial charge in [-0.15, -0.1) is 0 Å². The molecule has 3 aliphatic rings. The van der Waals surface area contributed by atoms with E-state index in [-0.39, 0.29) is 24.9 Å². The third kappa shape index (κ3) is 5.73. The van der Waals surface area contributed by atoms with Gasteiger partial charge in [0, 0.05) is 12.8 Å². The van der Waals surface area contributed by atoms with E-state index in [9.17, 15) is 4.79 Å². The van der Waals surface area contributed by atoms with Crippen LogP contribution in [0.15, 0.2) is 53.5 Å². The third-order valence-electron chi connectivity index (χ3n) is 7.33. The molecule has 7 nitrogen and oxygen atoms in total. The van der Waals surface area contributed by atoms with E-state index in [2.05, 4.69) is 59.3 Å². The van der Waals surface area contributed by atoms with E-state index in [1.165, 1.54) is 16.7 Å². The zero-order valence-corrected chi connectivity index (χ0v) is 19.5. The van der Waals surface area contributed by atoms with Gasteiger partial charge >= 0.3 is 5.97 Å². The van der Waals surface area contributed by atoms with Gasteiger partial charge in [-0.05, 0) is 73.4 Å². The Balaban J connectivity index is 1.11. The first-order valence-electron chi connectivity index (χ1n) is 12.4. The number of carboxylic acid groups (broad SMARTS) is 1. The van der Waals surface area contributed by atoms with E-state index in [0.717, 1.165) is 57.3 Å². The second kappa shape index (κ2) is 10.8. The minimum absolute atomic E-state index is 0.0197. The summed E-state index contributed by atoms with van der Waals surface area (Å²) in [5.74, 6) is -0.134. The fourth-order valence-electron chi connectivity index (χ4n) is 5.42. The summed E-state index contributed by atoms with van der Waals surface area (Å²) in [4.78, 5) is 23.6. The lowest BCUT2D eigenvalue weighted by Gasteiger charge is -2.31. The molecule has 34 heavy (non-hydrogen) atoms. The molecular weight excluding hydrogens is 428 g/mol. The molecule has 0 spiro atoms. The van der Waals surface area contributed by atoms with Gasteiger partial charge in [0.1, 0.15) is 6.17 Å². The lowest BCUT2D eigenvalue weighted by molar-refractivity contribution is -0.138. The Morgan fingerprint density at radius 3 is 2.74 bits per heavy atom. The van der Waals surface area contributed by atoms with Crippen LogP contribution in [-0.4, -0.2) is 54.5 Å². The summed E-state index contributed by atoms with van der Waals surface area (Å²) in [6, 6.07) is 17.3. The topological polar surface area (TPSA) is 86.2 Å². The van der Waals surface area contributed by atoms with Crippen molar-refractivity contribution in [3.8, 4) is 0 Å². The van der Waals surface area contributed by atoms with Gasteiger partial charge in [0.25, 0.3) is 0 Å². The smallest absolute Gasteiger partial charge is 0.317 e. The van der Waals surface area contributed by atoms with Crippen LogP contribution in [0.25, 0.3) is 0 Å². The summed E-state index contributed by atoms with van der Waals surface area (Å²) in [5, 5.41) is 12.5. The van der Waals surface area contributed by atoms with Gasteiger partial charge in [-0.3, -0.25) is 24.8 Å². The van der Waals surface area contributed by atoms with E-state index in [4.69, 9.17) is 14.9 Å². The Bertz CT molecular complexity index is 1000. The van der Waals surface area contributed by atoms with E-state index in [0.29, 0.717) is 5.92 Å². The summed E-state index contributed by atoms with van der Waals surface area (Å²) in [7, 11) is 0. The summed E-state index contributed by atoms with van der Waals surface area (Å²) >= 11 is 0. The number of hydroxylamine groups is 1. The Hall–Kier alpha value is -2.58. The highest BCUT2D eigenvalue weighted by Crippen LogP contribution is 2.32. The highest BCUT2D eigenvalue weighted by Gasteiger charge is 2.30. The minimum atomic E-state index is -0.738. The summed E-state index contributed by atoms with van der Waals surface area (Å²) in [6.07, 6.45) is 7.33. The molecule has 5 rings (SSSR count). The maximum Gasteiger partial charge on any atom is 0.317 e. The predicted octanol–water partition coefficient (Wildman–Crippen LogP) is 3.47. The molecule has 0 amide bonds. The first-order chi connectivity index (χ1) is 16.6. The molecule has 0 aliphatic carbocycles. The van der Waals surface area contributed by atoms with E-state index >= 15 is 0 Å². The molecule has 0 radical (unpaired) electrons. The summed E-state index contributed by atoms with van der Waals surface area (Å²) in [6.45, 7) is 2.84. The molecule has 3 aliphatic heterocycles. The zero-order chi connectivity index (χ0) is 23.3. The Kier molecular flexibility index (Phi) is 7.35. The van der Waals surface area contributed by atoms with Gasteiger partial charge in [0.05, 0.1) is 18.7 Å². The first-order valence-corrected chi connectivity index (χ1v) is 12.4. The van der Waals surface area contributed by atoms with Gasteiger partial charge in [-0.25, -0.2) is 0 Å². The van der Waals surface area contributed by atoms with Crippen LogP contribution in [0, 0.1) is 5.92 Å². The van der Waals surface area contributed by atoms with Crippen molar-refractivity contribution in [3.05, 3.63) is 70.8 Å². The SMILES string of the molecule is O=C(O)CN1CCC(CC2CC(c3ccc(C=NC4NCCc5ccccc54)cc3)NO2)CC1. The number of hydrogen-bond acceptors (Lipinski definition) is 6. The molecule has 3 atom stereocenters. The number of nitrogens with one attached hydrogen (secondary N) is 2. The van der Waals surface area contributed by atoms with Gasteiger partial charge in [0.2, 0.25) is 0 Å². The molecule has 3 heterocycles. The molecule has 7 heteroatoms. The van der Waals surface area contributed by atoms with Gasteiger partial charge in [-0.2, -0.15) is 5.48 Å². The van der Waals surface area contributed by atoms with Crippen molar-refractivity contribution in [1.29, 1.82) is 0 Å². The predicted molar refractivity (Wildman–Crippen MR) is 132 cm³/mol. The number of carboxylic acids is 1.